The zero-order chi connectivity index (χ0) is 8.72. The average Bonchev–Trinajstić information content (AvgIpc) is 2.53. The van der Waals surface area contributed by atoms with Gasteiger partial charge in [-0.2, -0.15) is 0 Å². The number of H-pyrrole nitrogens is 1. The van der Waals surface area contributed by atoms with E-state index in [9.17, 15) is 10.1 Å². The van der Waals surface area contributed by atoms with Crippen LogP contribution >= 0.6 is 0 Å². The first-order valence-electron chi connectivity index (χ1n) is 2.93. The molecule has 0 atom stereocenters. The van der Waals surface area contributed by atoms with Crippen LogP contribution in [0.3, 0.4) is 0 Å². The topological polar surface area (TPSA) is 120 Å². The maximum Gasteiger partial charge on any atom is 0.371 e. The second-order valence-electron chi connectivity index (χ2n) is 2.08. The highest BCUT2D eigenvalue weighted by Crippen LogP contribution is 2.33. The molecule has 60 valence electrons. The van der Waals surface area contributed by atoms with E-state index in [0.717, 1.165) is 0 Å². The van der Waals surface area contributed by atoms with Gasteiger partial charge in [-0.15, -0.1) is 15.3 Å². The highest BCUT2D eigenvalue weighted by molar-refractivity contribution is 6.03. The van der Waals surface area contributed by atoms with E-state index >= 15 is 0 Å². The molecule has 2 heterocycles. The molecule has 1 aliphatic heterocycles. The van der Waals surface area contributed by atoms with Crippen LogP contribution < -0.4 is 0 Å². The number of aromatic nitrogens is 2. The fraction of sp³-hybridized carbons (Fsp3) is 0. The van der Waals surface area contributed by atoms with Gasteiger partial charge in [0.05, 0.1) is 0 Å². The molecule has 0 radical (unpaired) electrons. The largest absolute Gasteiger partial charge is 0.371 e. The third-order valence-corrected chi connectivity index (χ3v) is 1.38. The van der Waals surface area contributed by atoms with Crippen LogP contribution in [-0.2, 0) is 0 Å². The van der Waals surface area contributed by atoms with E-state index < -0.39 is 4.92 Å². The van der Waals surface area contributed by atoms with Crippen LogP contribution in [0.2, 0.25) is 0 Å². The molecule has 2 N–H and O–H groups in total. The maximum absolute atomic E-state index is 10.3. The van der Waals surface area contributed by atoms with Crippen molar-refractivity contribution in [3.63, 3.8) is 0 Å². The van der Waals surface area contributed by atoms with Gasteiger partial charge in [0.25, 0.3) is 0 Å². The number of nitro groups is 1. The molecular weight excluding hydrogens is 164 g/mol. The van der Waals surface area contributed by atoms with Crippen molar-refractivity contribution in [1.82, 2.24) is 10.2 Å². The molecule has 2 rings (SSSR count). The summed E-state index contributed by atoms with van der Waals surface area (Å²) in [4.78, 5) is 9.64. The van der Waals surface area contributed by atoms with Gasteiger partial charge in [0.15, 0.2) is 11.5 Å². The summed E-state index contributed by atoms with van der Waals surface area (Å²) in [7, 11) is 0. The summed E-state index contributed by atoms with van der Waals surface area (Å²) in [6.45, 7) is 0. The van der Waals surface area contributed by atoms with Crippen LogP contribution in [0.25, 0.3) is 0 Å². The maximum atomic E-state index is 10.3. The molecule has 8 heteroatoms. The first-order chi connectivity index (χ1) is 5.70. The van der Waals surface area contributed by atoms with Crippen molar-refractivity contribution in [3.05, 3.63) is 15.8 Å². The van der Waals surface area contributed by atoms with E-state index in [2.05, 4.69) is 20.4 Å². The molecule has 0 spiro atoms. The minimum Gasteiger partial charge on any atom is -0.358 e. The van der Waals surface area contributed by atoms with Gasteiger partial charge in [-0.1, -0.05) is 5.10 Å². The number of fused-ring (bicyclic) bond motifs is 1. The van der Waals surface area contributed by atoms with Crippen molar-refractivity contribution >= 4 is 17.3 Å². The Labute approximate surface area is 65.0 Å². The zero-order valence-corrected chi connectivity index (χ0v) is 5.61. The van der Waals surface area contributed by atoms with Crippen molar-refractivity contribution in [3.8, 4) is 0 Å². The van der Waals surface area contributed by atoms with E-state index in [4.69, 9.17) is 5.41 Å². The SMILES string of the molecule is N=C1N=Nc2c1n[nH]c2[N+](=O)[O-]. The Kier molecular flexibility index (Phi) is 1.06. The second kappa shape index (κ2) is 1.94. The van der Waals surface area contributed by atoms with Crippen molar-refractivity contribution in [1.29, 1.82) is 5.41 Å². The number of nitrogens with zero attached hydrogens (tertiary/aromatic N) is 4. The lowest BCUT2D eigenvalue weighted by atomic mass is 10.3. The molecule has 0 fully saturated rings. The molecule has 0 amide bonds. The number of nitrogens with one attached hydrogen (secondary N) is 2. The Morgan fingerprint density at radius 2 is 2.25 bits per heavy atom. The molecule has 0 saturated heterocycles. The number of aromatic amines is 1. The lowest BCUT2D eigenvalue weighted by molar-refractivity contribution is -0.388. The van der Waals surface area contributed by atoms with Crippen molar-refractivity contribution in [2.24, 2.45) is 10.2 Å². The molecule has 0 aliphatic carbocycles. The molecule has 8 nitrogen and oxygen atoms in total. The van der Waals surface area contributed by atoms with Gasteiger partial charge >= 0.3 is 5.82 Å². The first kappa shape index (κ1) is 6.58. The van der Waals surface area contributed by atoms with Crippen LogP contribution in [0.15, 0.2) is 10.2 Å². The third-order valence-electron chi connectivity index (χ3n) is 1.38. The highest BCUT2D eigenvalue weighted by Gasteiger charge is 2.28. The Morgan fingerprint density at radius 1 is 1.50 bits per heavy atom. The molecule has 0 aromatic carbocycles. The highest BCUT2D eigenvalue weighted by atomic mass is 16.6. The quantitative estimate of drug-likeness (QED) is 0.472. The second-order valence-corrected chi connectivity index (χ2v) is 2.08. The molecule has 0 bridgehead atoms. The van der Waals surface area contributed by atoms with Gasteiger partial charge in [0.1, 0.15) is 0 Å². The van der Waals surface area contributed by atoms with Gasteiger partial charge < -0.3 is 10.1 Å². The summed E-state index contributed by atoms with van der Waals surface area (Å²) in [5.41, 5.74) is 0.159. The number of rotatable bonds is 1. The Balaban J connectivity index is 2.64. The van der Waals surface area contributed by atoms with Crippen LogP contribution in [-0.4, -0.2) is 21.0 Å². The Hall–Kier alpha value is -2.12. The van der Waals surface area contributed by atoms with Crippen molar-refractivity contribution in [2.45, 2.75) is 0 Å². The van der Waals surface area contributed by atoms with E-state index in [1.54, 1.807) is 0 Å². The van der Waals surface area contributed by atoms with Crippen molar-refractivity contribution < 1.29 is 4.92 Å². The minimum absolute atomic E-state index is 0.0324. The van der Waals surface area contributed by atoms with E-state index in [-0.39, 0.29) is 23.0 Å². The normalized spacial score (nSPS) is 13.5. The number of azo groups is 1. The van der Waals surface area contributed by atoms with Crippen LogP contribution in [0.1, 0.15) is 5.69 Å². The van der Waals surface area contributed by atoms with Gasteiger partial charge in [-0.3, -0.25) is 5.41 Å². The summed E-state index contributed by atoms with van der Waals surface area (Å²) in [6, 6.07) is 0. The van der Waals surface area contributed by atoms with E-state index in [1.807, 2.05) is 0 Å². The summed E-state index contributed by atoms with van der Waals surface area (Å²) >= 11 is 0. The Morgan fingerprint density at radius 3 is 2.92 bits per heavy atom. The summed E-state index contributed by atoms with van der Waals surface area (Å²) in [6.07, 6.45) is 0. The smallest absolute Gasteiger partial charge is 0.358 e. The third kappa shape index (κ3) is 0.654. The lowest BCUT2D eigenvalue weighted by Crippen LogP contribution is -1.89. The van der Waals surface area contributed by atoms with Gasteiger partial charge in [0, 0.05) is 0 Å². The Bertz CT molecular complexity index is 404. The molecule has 1 aliphatic rings. The van der Waals surface area contributed by atoms with Crippen molar-refractivity contribution in [2.75, 3.05) is 0 Å². The standard InChI is InChI=1S/C4H2N6O2/c5-3-1-2(7-8-3)4(9-6-1)10(11)12/h5H,(H,6,9). The van der Waals surface area contributed by atoms with Crippen LogP contribution in [0, 0.1) is 15.5 Å². The monoisotopic (exact) mass is 166 g/mol. The summed E-state index contributed by atoms with van der Waals surface area (Å²) in [5, 5.41) is 29.8. The van der Waals surface area contributed by atoms with E-state index in [1.165, 1.54) is 0 Å². The predicted octanol–water partition coefficient (Wildman–Crippen LogP) is 0.741. The fourth-order valence-electron chi connectivity index (χ4n) is 0.861. The number of amidine groups is 1. The molecule has 1 aromatic heterocycles. The predicted molar refractivity (Wildman–Crippen MR) is 36.6 cm³/mol. The van der Waals surface area contributed by atoms with E-state index in [0.29, 0.717) is 0 Å². The fourth-order valence-corrected chi connectivity index (χ4v) is 0.861. The van der Waals surface area contributed by atoms with Crippen LogP contribution in [0.4, 0.5) is 11.5 Å². The number of hydrogen-bond acceptors (Lipinski definition) is 5. The van der Waals surface area contributed by atoms with Gasteiger partial charge in [-0.25, -0.2) is 0 Å². The molecule has 0 saturated carbocycles. The molecule has 1 aromatic rings. The molecule has 12 heavy (non-hydrogen) atoms. The molecule has 0 unspecified atom stereocenters. The minimum atomic E-state index is -0.649. The van der Waals surface area contributed by atoms with Crippen LogP contribution in [0.5, 0.6) is 0 Å². The zero-order valence-electron chi connectivity index (χ0n) is 5.61. The van der Waals surface area contributed by atoms with Gasteiger partial charge in [0.2, 0.25) is 5.69 Å². The first-order valence-corrected chi connectivity index (χ1v) is 2.93. The summed E-state index contributed by atoms with van der Waals surface area (Å²) < 4.78 is 0. The lowest BCUT2D eigenvalue weighted by Gasteiger charge is -1.86. The average molecular weight is 166 g/mol. The summed E-state index contributed by atoms with van der Waals surface area (Å²) in [5.74, 6) is -0.481. The number of hydrogen-bond donors (Lipinski definition) is 2. The molecular formula is C4H2N6O2. The van der Waals surface area contributed by atoms with Gasteiger partial charge in [-0.05, 0) is 4.92 Å².